The van der Waals surface area contributed by atoms with Crippen molar-refractivity contribution in [3.63, 3.8) is 0 Å². The molecule has 3 N–H and O–H groups in total. The Hall–Kier alpha value is -1.55. The predicted octanol–water partition coefficient (Wildman–Crippen LogP) is 2.87. The first-order chi connectivity index (χ1) is 9.16. The van der Waals surface area contributed by atoms with Crippen LogP contribution < -0.4 is 5.32 Å². The maximum atomic E-state index is 9.97. The van der Waals surface area contributed by atoms with Crippen molar-refractivity contribution in [2.45, 2.75) is 12.6 Å². The minimum Gasteiger partial charge on any atom is -0.506 e. The van der Waals surface area contributed by atoms with E-state index in [2.05, 4.69) is 5.32 Å². The number of aromatic hydroxyl groups is 1. The number of halogens is 1. The molecule has 0 aromatic heterocycles. The highest BCUT2D eigenvalue weighted by Gasteiger charge is 2.06. The molecule has 0 spiro atoms. The van der Waals surface area contributed by atoms with Gasteiger partial charge in [-0.1, -0.05) is 48.0 Å². The summed E-state index contributed by atoms with van der Waals surface area (Å²) in [5.74, 6) is 0.0785. The lowest BCUT2D eigenvalue weighted by Gasteiger charge is -2.12. The van der Waals surface area contributed by atoms with Gasteiger partial charge in [-0.3, -0.25) is 0 Å². The zero-order valence-electron chi connectivity index (χ0n) is 10.4. The Morgan fingerprint density at radius 1 is 1.11 bits per heavy atom. The lowest BCUT2D eigenvalue weighted by Crippen LogP contribution is -2.21. The third-order valence-corrected chi connectivity index (χ3v) is 3.17. The van der Waals surface area contributed by atoms with Crippen LogP contribution in [0.4, 0.5) is 0 Å². The van der Waals surface area contributed by atoms with Gasteiger partial charge in [0, 0.05) is 13.1 Å². The van der Waals surface area contributed by atoms with Crippen LogP contribution in [0.5, 0.6) is 5.75 Å². The van der Waals surface area contributed by atoms with Gasteiger partial charge in [0.25, 0.3) is 0 Å². The third kappa shape index (κ3) is 3.96. The maximum Gasteiger partial charge on any atom is 0.134 e. The molecule has 100 valence electrons. The number of aliphatic hydroxyl groups excluding tert-OH is 1. The Labute approximate surface area is 117 Å². The lowest BCUT2D eigenvalue weighted by atomic mass is 10.1. The van der Waals surface area contributed by atoms with E-state index in [0.29, 0.717) is 18.1 Å². The molecule has 3 nitrogen and oxygen atoms in total. The summed E-state index contributed by atoms with van der Waals surface area (Å²) in [5, 5.41) is 22.8. The molecule has 2 aromatic rings. The van der Waals surface area contributed by atoms with E-state index in [-0.39, 0.29) is 5.75 Å². The van der Waals surface area contributed by atoms with Gasteiger partial charge < -0.3 is 15.5 Å². The number of nitrogens with one attached hydrogen (secondary N) is 1. The van der Waals surface area contributed by atoms with Crippen LogP contribution in [0.25, 0.3) is 0 Å². The second-order valence-corrected chi connectivity index (χ2v) is 4.75. The molecule has 1 atom stereocenters. The molecule has 0 amide bonds. The summed E-state index contributed by atoms with van der Waals surface area (Å²) in [7, 11) is 0. The van der Waals surface area contributed by atoms with Gasteiger partial charge >= 0.3 is 0 Å². The summed E-state index contributed by atoms with van der Waals surface area (Å²) in [6.45, 7) is 1.05. The molecule has 0 heterocycles. The Morgan fingerprint density at radius 3 is 2.53 bits per heavy atom. The molecule has 0 bridgehead atoms. The molecular formula is C15H16ClNO2. The fraction of sp³-hybridized carbons (Fsp3) is 0.200. The highest BCUT2D eigenvalue weighted by molar-refractivity contribution is 6.32. The zero-order chi connectivity index (χ0) is 13.7. The molecule has 1 unspecified atom stereocenters. The quantitative estimate of drug-likeness (QED) is 0.788. The first kappa shape index (κ1) is 13.9. The van der Waals surface area contributed by atoms with E-state index in [1.807, 2.05) is 30.3 Å². The Kier molecular flexibility index (Phi) is 4.80. The first-order valence-corrected chi connectivity index (χ1v) is 6.46. The average molecular weight is 278 g/mol. The largest absolute Gasteiger partial charge is 0.506 e. The number of hydrogen-bond acceptors (Lipinski definition) is 3. The van der Waals surface area contributed by atoms with Crippen LogP contribution in [0.15, 0.2) is 48.5 Å². The molecule has 0 radical (unpaired) electrons. The van der Waals surface area contributed by atoms with E-state index in [0.717, 1.165) is 11.1 Å². The smallest absolute Gasteiger partial charge is 0.134 e. The number of rotatable bonds is 5. The molecule has 0 aliphatic carbocycles. The first-order valence-electron chi connectivity index (χ1n) is 6.08. The number of benzene rings is 2. The number of aliphatic hydroxyl groups is 1. The second kappa shape index (κ2) is 6.57. The summed E-state index contributed by atoms with van der Waals surface area (Å²) >= 11 is 5.82. The van der Waals surface area contributed by atoms with Crippen LogP contribution in [0, 0.1) is 0 Å². The number of hydrogen-bond donors (Lipinski definition) is 3. The van der Waals surface area contributed by atoms with Crippen molar-refractivity contribution in [2.24, 2.45) is 0 Å². The molecule has 19 heavy (non-hydrogen) atoms. The van der Waals surface area contributed by atoms with E-state index in [4.69, 9.17) is 11.6 Å². The van der Waals surface area contributed by atoms with Gasteiger partial charge in [-0.15, -0.1) is 0 Å². The second-order valence-electron chi connectivity index (χ2n) is 4.34. The van der Waals surface area contributed by atoms with E-state index in [9.17, 15) is 10.2 Å². The van der Waals surface area contributed by atoms with Crippen LogP contribution >= 0.6 is 11.6 Å². The monoisotopic (exact) mass is 277 g/mol. The van der Waals surface area contributed by atoms with E-state index >= 15 is 0 Å². The summed E-state index contributed by atoms with van der Waals surface area (Å²) in [6, 6.07) is 14.6. The van der Waals surface area contributed by atoms with Crippen molar-refractivity contribution >= 4 is 11.6 Å². The predicted molar refractivity (Wildman–Crippen MR) is 76.2 cm³/mol. The van der Waals surface area contributed by atoms with Crippen LogP contribution in [0.3, 0.4) is 0 Å². The van der Waals surface area contributed by atoms with Crippen molar-refractivity contribution in [3.05, 3.63) is 64.7 Å². The van der Waals surface area contributed by atoms with Crippen molar-refractivity contribution in [1.29, 1.82) is 0 Å². The van der Waals surface area contributed by atoms with Gasteiger partial charge in [-0.25, -0.2) is 0 Å². The van der Waals surface area contributed by atoms with Gasteiger partial charge in [-0.05, 0) is 23.3 Å². The van der Waals surface area contributed by atoms with Gasteiger partial charge in [-0.2, -0.15) is 0 Å². The fourth-order valence-electron chi connectivity index (χ4n) is 1.81. The van der Waals surface area contributed by atoms with Crippen LogP contribution in [-0.4, -0.2) is 16.8 Å². The highest BCUT2D eigenvalue weighted by Crippen LogP contribution is 2.23. The van der Waals surface area contributed by atoms with Gasteiger partial charge in [0.15, 0.2) is 0 Å². The molecule has 4 heteroatoms. The normalized spacial score (nSPS) is 12.3. The van der Waals surface area contributed by atoms with Crippen LogP contribution in [-0.2, 0) is 6.54 Å². The fourth-order valence-corrected chi connectivity index (χ4v) is 2.01. The molecule has 2 aromatic carbocycles. The summed E-state index contributed by atoms with van der Waals surface area (Å²) < 4.78 is 0. The molecular weight excluding hydrogens is 262 g/mol. The van der Waals surface area contributed by atoms with Gasteiger partial charge in [0.1, 0.15) is 5.75 Å². The molecule has 0 aliphatic rings. The van der Waals surface area contributed by atoms with Crippen LogP contribution in [0.2, 0.25) is 5.02 Å². The standard InChI is InChI=1S/C15H16ClNO2/c16-13-8-11(6-7-14(13)18)9-17-10-15(19)12-4-2-1-3-5-12/h1-8,15,17-19H,9-10H2. The van der Waals surface area contributed by atoms with Gasteiger partial charge in [0.05, 0.1) is 11.1 Å². The summed E-state index contributed by atoms with van der Waals surface area (Å²) in [6.07, 6.45) is -0.534. The van der Waals surface area contributed by atoms with E-state index in [1.54, 1.807) is 18.2 Å². The minimum absolute atomic E-state index is 0.0785. The van der Waals surface area contributed by atoms with Crippen LogP contribution in [0.1, 0.15) is 17.2 Å². The SMILES string of the molecule is Oc1ccc(CNCC(O)c2ccccc2)cc1Cl. The number of phenols is 1. The molecule has 2 rings (SSSR count). The molecule has 0 saturated carbocycles. The minimum atomic E-state index is -0.534. The molecule has 0 fully saturated rings. The van der Waals surface area contributed by atoms with Crippen molar-refractivity contribution in [1.82, 2.24) is 5.32 Å². The molecule has 0 saturated heterocycles. The summed E-state index contributed by atoms with van der Waals surface area (Å²) in [4.78, 5) is 0. The number of phenolic OH excluding ortho intramolecular Hbond substituents is 1. The lowest BCUT2D eigenvalue weighted by molar-refractivity contribution is 0.174. The zero-order valence-corrected chi connectivity index (χ0v) is 11.1. The topological polar surface area (TPSA) is 52.5 Å². The highest BCUT2D eigenvalue weighted by atomic mass is 35.5. The third-order valence-electron chi connectivity index (χ3n) is 2.86. The van der Waals surface area contributed by atoms with E-state index in [1.165, 1.54) is 0 Å². The van der Waals surface area contributed by atoms with E-state index < -0.39 is 6.10 Å². The summed E-state index contributed by atoms with van der Waals surface area (Å²) in [5.41, 5.74) is 1.85. The van der Waals surface area contributed by atoms with Gasteiger partial charge in [0.2, 0.25) is 0 Å². The average Bonchev–Trinajstić information content (AvgIpc) is 2.43. The van der Waals surface area contributed by atoms with Crippen molar-refractivity contribution in [2.75, 3.05) is 6.54 Å². The maximum absolute atomic E-state index is 9.97. The Bertz CT molecular complexity index is 531. The molecule has 0 aliphatic heterocycles. The Morgan fingerprint density at radius 2 is 1.84 bits per heavy atom. The van der Waals surface area contributed by atoms with Crippen molar-refractivity contribution < 1.29 is 10.2 Å². The van der Waals surface area contributed by atoms with Crippen molar-refractivity contribution in [3.8, 4) is 5.75 Å². The Balaban J connectivity index is 1.85.